The molecule has 1 atom stereocenters. The highest BCUT2D eigenvalue weighted by Crippen LogP contribution is 2.49. The van der Waals surface area contributed by atoms with Crippen LogP contribution in [0.3, 0.4) is 0 Å². The maximum absolute atomic E-state index is 13.4. The molecule has 0 N–H and O–H groups in total. The minimum atomic E-state index is -5.86. The fraction of sp³-hybridized carbons (Fsp3) is 0.500. The third-order valence-corrected chi connectivity index (χ3v) is 3.94. The fourth-order valence-corrected chi connectivity index (χ4v) is 2.43. The summed E-state index contributed by atoms with van der Waals surface area (Å²) in [4.78, 5) is 11.6. The van der Waals surface area contributed by atoms with E-state index >= 15 is 0 Å². The molecular formula is C14H13F7OS. The number of rotatable bonds is 7. The lowest BCUT2D eigenvalue weighted by Crippen LogP contribution is -2.57. The molecule has 0 amide bonds. The summed E-state index contributed by atoms with van der Waals surface area (Å²) in [6, 6.07) is 7.41. The van der Waals surface area contributed by atoms with Crippen molar-refractivity contribution in [3.05, 3.63) is 35.9 Å². The Kier molecular flexibility index (Phi) is 6.12. The van der Waals surface area contributed by atoms with Crippen molar-refractivity contribution in [1.29, 1.82) is 0 Å². The second-order valence-corrected chi connectivity index (χ2v) is 5.84. The third-order valence-electron chi connectivity index (χ3n) is 3.04. The molecule has 0 heterocycles. The van der Waals surface area contributed by atoms with E-state index in [0.717, 1.165) is 0 Å². The number of hydrogen-bond acceptors (Lipinski definition) is 2. The fourth-order valence-electron chi connectivity index (χ4n) is 1.58. The van der Waals surface area contributed by atoms with Gasteiger partial charge in [0, 0.05) is 17.7 Å². The Bertz CT molecular complexity index is 531. The van der Waals surface area contributed by atoms with Crippen LogP contribution in [0.2, 0.25) is 0 Å². The molecule has 0 aliphatic heterocycles. The zero-order valence-electron chi connectivity index (χ0n) is 11.8. The zero-order valence-corrected chi connectivity index (χ0v) is 12.7. The van der Waals surface area contributed by atoms with Crippen LogP contribution in [0.25, 0.3) is 0 Å². The first-order chi connectivity index (χ1) is 10.4. The summed E-state index contributed by atoms with van der Waals surface area (Å²) < 4.78 is 91.8. The van der Waals surface area contributed by atoms with Crippen LogP contribution >= 0.6 is 11.8 Å². The van der Waals surface area contributed by atoms with Crippen molar-refractivity contribution in [2.75, 3.05) is 5.75 Å². The third kappa shape index (κ3) is 4.19. The van der Waals surface area contributed by atoms with E-state index in [0.29, 0.717) is 11.8 Å². The molecule has 130 valence electrons. The Balaban J connectivity index is 2.70. The van der Waals surface area contributed by atoms with E-state index < -0.39 is 41.2 Å². The molecule has 0 fully saturated rings. The molecule has 23 heavy (non-hydrogen) atoms. The molecule has 1 aromatic carbocycles. The Morgan fingerprint density at radius 3 is 2.09 bits per heavy atom. The molecule has 0 aliphatic carbocycles. The predicted octanol–water partition coefficient (Wildman–Crippen LogP) is 5.21. The number of benzene rings is 1. The second kappa shape index (κ2) is 7.11. The summed E-state index contributed by atoms with van der Waals surface area (Å²) in [5, 5.41) is -0.657. The van der Waals surface area contributed by atoms with Crippen LogP contribution in [0, 0.1) is 0 Å². The van der Waals surface area contributed by atoms with Gasteiger partial charge in [-0.15, -0.1) is 0 Å². The summed E-state index contributed by atoms with van der Waals surface area (Å²) in [5.41, 5.74) is 0.162. The normalized spacial score (nSPS) is 14.6. The average Bonchev–Trinajstić information content (AvgIpc) is 2.47. The van der Waals surface area contributed by atoms with E-state index in [-0.39, 0.29) is 12.5 Å². The zero-order chi connectivity index (χ0) is 17.9. The van der Waals surface area contributed by atoms with Gasteiger partial charge in [0.15, 0.2) is 6.17 Å². The summed E-state index contributed by atoms with van der Waals surface area (Å²) >= 11 is 0.301. The molecule has 0 spiro atoms. The van der Waals surface area contributed by atoms with Crippen LogP contribution in [0.1, 0.15) is 23.7 Å². The van der Waals surface area contributed by atoms with Crippen LogP contribution in [-0.4, -0.2) is 34.8 Å². The lowest BCUT2D eigenvalue weighted by atomic mass is 9.99. The number of thioether (sulfide) groups is 1. The van der Waals surface area contributed by atoms with Crippen LogP contribution in [-0.2, 0) is 0 Å². The first kappa shape index (κ1) is 19.8. The molecule has 0 aliphatic rings. The lowest BCUT2D eigenvalue weighted by Gasteiger charge is -2.33. The molecule has 0 bridgehead atoms. The van der Waals surface area contributed by atoms with Gasteiger partial charge in [-0.1, -0.05) is 42.1 Å². The minimum Gasteiger partial charge on any atom is -0.282 e. The maximum atomic E-state index is 13.4. The van der Waals surface area contributed by atoms with Gasteiger partial charge in [-0.2, -0.15) is 26.3 Å². The second-order valence-electron chi connectivity index (χ2n) is 4.77. The molecule has 0 saturated heterocycles. The van der Waals surface area contributed by atoms with Crippen molar-refractivity contribution in [2.45, 2.75) is 37.3 Å². The topological polar surface area (TPSA) is 17.1 Å². The number of halogens is 7. The smallest absolute Gasteiger partial charge is 0.282 e. The highest BCUT2D eigenvalue weighted by molar-refractivity contribution is 8.14. The number of carbonyl (C=O) groups excluding carboxylic acids is 1. The van der Waals surface area contributed by atoms with Gasteiger partial charge in [0.1, 0.15) is 0 Å². The molecule has 1 aromatic rings. The molecule has 0 saturated carbocycles. The van der Waals surface area contributed by atoms with Gasteiger partial charge >= 0.3 is 17.8 Å². The van der Waals surface area contributed by atoms with Crippen LogP contribution in [0.15, 0.2) is 30.3 Å². The Morgan fingerprint density at radius 1 is 1.09 bits per heavy atom. The Morgan fingerprint density at radius 2 is 1.61 bits per heavy atom. The summed E-state index contributed by atoms with van der Waals surface area (Å²) in [7, 11) is 0. The monoisotopic (exact) mass is 362 g/mol. The molecule has 1 unspecified atom stereocenters. The summed E-state index contributed by atoms with van der Waals surface area (Å²) in [6.45, 7) is 0.0810. The van der Waals surface area contributed by atoms with Crippen molar-refractivity contribution >= 4 is 16.9 Å². The molecule has 0 radical (unpaired) electrons. The van der Waals surface area contributed by atoms with Crippen molar-refractivity contribution in [3.8, 4) is 0 Å². The Labute approximate surface area is 132 Å². The van der Waals surface area contributed by atoms with Gasteiger partial charge < -0.3 is 0 Å². The standard InChI is InChI=1S/C14H13F7OS/c1-9(15)13(18,19)14(20,21)12(16,17)7-8-23-11(22)10-5-3-2-4-6-10/h2-6,9H,7-8H2,1H3. The van der Waals surface area contributed by atoms with Crippen LogP contribution < -0.4 is 0 Å². The van der Waals surface area contributed by atoms with Gasteiger partial charge in [-0.05, 0) is 6.92 Å². The van der Waals surface area contributed by atoms with E-state index in [9.17, 15) is 35.5 Å². The van der Waals surface area contributed by atoms with Crippen molar-refractivity contribution < 1.29 is 35.5 Å². The minimum absolute atomic E-state index is 0.0810. The first-order valence-corrected chi connectivity index (χ1v) is 7.41. The van der Waals surface area contributed by atoms with Crippen molar-refractivity contribution in [1.82, 2.24) is 0 Å². The molecular weight excluding hydrogens is 349 g/mol. The SMILES string of the molecule is CC(F)C(F)(F)C(F)(F)C(F)(F)CCSC(=O)c1ccccc1. The van der Waals surface area contributed by atoms with Crippen LogP contribution in [0.5, 0.6) is 0 Å². The molecule has 1 rings (SSSR count). The van der Waals surface area contributed by atoms with Crippen LogP contribution in [0.4, 0.5) is 30.7 Å². The van der Waals surface area contributed by atoms with E-state index in [1.165, 1.54) is 24.3 Å². The molecule has 9 heteroatoms. The van der Waals surface area contributed by atoms with Gasteiger partial charge in [-0.3, -0.25) is 4.79 Å². The van der Waals surface area contributed by atoms with Gasteiger partial charge in [0.05, 0.1) is 0 Å². The number of hydrogen-bond donors (Lipinski definition) is 0. The Hall–Kier alpha value is -1.25. The van der Waals surface area contributed by atoms with Crippen molar-refractivity contribution in [2.24, 2.45) is 0 Å². The average molecular weight is 362 g/mol. The maximum Gasteiger partial charge on any atom is 0.374 e. The largest absolute Gasteiger partial charge is 0.374 e. The first-order valence-electron chi connectivity index (χ1n) is 6.43. The molecule has 0 aromatic heterocycles. The van der Waals surface area contributed by atoms with Crippen molar-refractivity contribution in [3.63, 3.8) is 0 Å². The van der Waals surface area contributed by atoms with Gasteiger partial charge in [0.25, 0.3) is 0 Å². The highest BCUT2D eigenvalue weighted by Gasteiger charge is 2.73. The van der Waals surface area contributed by atoms with Gasteiger partial charge in [-0.25, -0.2) is 4.39 Å². The van der Waals surface area contributed by atoms with E-state index in [1.807, 2.05) is 0 Å². The lowest BCUT2D eigenvalue weighted by molar-refractivity contribution is -0.323. The number of carbonyl (C=O) groups is 1. The number of alkyl halides is 7. The van der Waals surface area contributed by atoms with E-state index in [2.05, 4.69) is 0 Å². The highest BCUT2D eigenvalue weighted by atomic mass is 32.2. The van der Waals surface area contributed by atoms with E-state index in [4.69, 9.17) is 0 Å². The van der Waals surface area contributed by atoms with Gasteiger partial charge in [0.2, 0.25) is 5.12 Å². The summed E-state index contributed by atoms with van der Waals surface area (Å²) in [6.07, 6.45) is -5.13. The molecule has 1 nitrogen and oxygen atoms in total. The summed E-state index contributed by atoms with van der Waals surface area (Å²) in [5.74, 6) is -17.3. The predicted molar refractivity (Wildman–Crippen MR) is 73.3 cm³/mol. The quantitative estimate of drug-likeness (QED) is 0.619. The van der Waals surface area contributed by atoms with E-state index in [1.54, 1.807) is 6.07 Å².